The first-order valence-corrected chi connectivity index (χ1v) is 6.25. The van der Waals surface area contributed by atoms with E-state index in [-0.39, 0.29) is 28.0 Å². The Balaban J connectivity index is 2.76. The Morgan fingerprint density at radius 2 is 1.94 bits per heavy atom. The van der Waals surface area contributed by atoms with Gasteiger partial charge in [-0.1, -0.05) is 25.2 Å². The molecule has 1 heterocycles. The molecule has 7 nitrogen and oxygen atoms in total. The molecular weight excluding hydrogens is 254 g/mol. The van der Waals surface area contributed by atoms with Crippen molar-refractivity contribution in [3.8, 4) is 0 Å². The van der Waals surface area contributed by atoms with Crippen molar-refractivity contribution < 1.29 is 9.59 Å². The van der Waals surface area contributed by atoms with Gasteiger partial charge in [-0.2, -0.15) is 0 Å². The summed E-state index contributed by atoms with van der Waals surface area (Å²) in [4.78, 5) is 24.7. The Morgan fingerprint density at radius 1 is 1.33 bits per heavy atom. The highest BCUT2D eigenvalue weighted by Crippen LogP contribution is 2.16. The van der Waals surface area contributed by atoms with Crippen molar-refractivity contribution in [3.63, 3.8) is 0 Å². The van der Waals surface area contributed by atoms with Gasteiger partial charge >= 0.3 is 0 Å². The zero-order chi connectivity index (χ0) is 13.9. The highest BCUT2D eigenvalue weighted by Gasteiger charge is 2.25. The predicted molar refractivity (Wildman–Crippen MR) is 69.4 cm³/mol. The molecule has 0 aliphatic rings. The number of primary amides is 1. The van der Waals surface area contributed by atoms with E-state index in [1.807, 2.05) is 32.8 Å². The van der Waals surface area contributed by atoms with E-state index in [1.165, 1.54) is 0 Å². The fourth-order valence-corrected chi connectivity index (χ4v) is 2.28. The fourth-order valence-electron chi connectivity index (χ4n) is 1.69. The predicted octanol–water partition coefficient (Wildman–Crippen LogP) is 0.162. The molecule has 0 radical (unpaired) electrons. The van der Waals surface area contributed by atoms with Crippen LogP contribution < -0.4 is 11.1 Å². The summed E-state index contributed by atoms with van der Waals surface area (Å²) in [5, 5.41) is 10.3. The van der Waals surface area contributed by atoms with Gasteiger partial charge in [-0.3, -0.25) is 19.8 Å². The molecule has 1 atom stereocenters. The van der Waals surface area contributed by atoms with Crippen LogP contribution in [0.2, 0.25) is 0 Å². The molecule has 0 aliphatic heterocycles. The third kappa shape index (κ3) is 3.47. The second-order valence-electron chi connectivity index (χ2n) is 4.42. The van der Waals surface area contributed by atoms with Crippen molar-refractivity contribution in [2.45, 2.75) is 19.9 Å². The zero-order valence-corrected chi connectivity index (χ0v) is 11.6. The molecule has 3 N–H and O–H groups in total. The first-order valence-electron chi connectivity index (χ1n) is 5.43. The van der Waals surface area contributed by atoms with E-state index in [0.29, 0.717) is 0 Å². The molecule has 0 fully saturated rings. The van der Waals surface area contributed by atoms with Crippen LogP contribution in [0, 0.1) is 5.92 Å². The molecule has 1 aromatic heterocycles. The minimum Gasteiger partial charge on any atom is -0.363 e. The molecule has 100 valence electrons. The van der Waals surface area contributed by atoms with Gasteiger partial charge in [-0.05, 0) is 20.0 Å². The van der Waals surface area contributed by atoms with Crippen molar-refractivity contribution in [2.75, 3.05) is 19.4 Å². The lowest BCUT2D eigenvalue weighted by Crippen LogP contribution is -2.43. The number of hydrogen-bond acceptors (Lipinski definition) is 6. The van der Waals surface area contributed by atoms with Crippen molar-refractivity contribution in [1.82, 2.24) is 15.1 Å². The lowest BCUT2D eigenvalue weighted by atomic mass is 10.0. The second-order valence-corrected chi connectivity index (χ2v) is 5.40. The van der Waals surface area contributed by atoms with Crippen LogP contribution in [0.1, 0.15) is 23.6 Å². The van der Waals surface area contributed by atoms with Crippen molar-refractivity contribution in [3.05, 3.63) is 5.01 Å². The molecule has 0 saturated heterocycles. The van der Waals surface area contributed by atoms with E-state index >= 15 is 0 Å². The van der Waals surface area contributed by atoms with E-state index in [0.717, 1.165) is 11.3 Å². The SMILES string of the molecule is CC(C)C(C(=O)Nc1nnc(C(N)=O)s1)N(C)C. The summed E-state index contributed by atoms with van der Waals surface area (Å²) >= 11 is 0.963. The lowest BCUT2D eigenvalue weighted by Gasteiger charge is -2.25. The quantitative estimate of drug-likeness (QED) is 0.794. The van der Waals surface area contributed by atoms with Gasteiger partial charge in [0.2, 0.25) is 16.0 Å². The monoisotopic (exact) mass is 271 g/mol. The molecule has 0 saturated carbocycles. The minimum atomic E-state index is -0.652. The highest BCUT2D eigenvalue weighted by atomic mass is 32.1. The molecule has 0 aliphatic carbocycles. The molecule has 1 aromatic rings. The molecule has 8 heteroatoms. The maximum absolute atomic E-state index is 12.0. The van der Waals surface area contributed by atoms with E-state index in [2.05, 4.69) is 15.5 Å². The number of nitrogens with zero attached hydrogens (tertiary/aromatic N) is 3. The maximum atomic E-state index is 12.0. The van der Waals surface area contributed by atoms with Gasteiger partial charge in [-0.25, -0.2) is 0 Å². The van der Waals surface area contributed by atoms with Crippen LogP contribution in [0.4, 0.5) is 5.13 Å². The second kappa shape index (κ2) is 5.87. The first kappa shape index (κ1) is 14.5. The maximum Gasteiger partial charge on any atom is 0.279 e. The zero-order valence-electron chi connectivity index (χ0n) is 10.8. The summed E-state index contributed by atoms with van der Waals surface area (Å²) in [6.45, 7) is 3.92. The lowest BCUT2D eigenvalue weighted by molar-refractivity contribution is -0.121. The van der Waals surface area contributed by atoms with Gasteiger partial charge in [-0.15, -0.1) is 10.2 Å². The minimum absolute atomic E-state index is 0.0799. The van der Waals surface area contributed by atoms with Crippen molar-refractivity contribution in [2.24, 2.45) is 11.7 Å². The first-order chi connectivity index (χ1) is 8.32. The van der Waals surface area contributed by atoms with E-state index in [4.69, 9.17) is 5.73 Å². The number of nitrogens with one attached hydrogen (secondary N) is 1. The van der Waals surface area contributed by atoms with Crippen LogP contribution >= 0.6 is 11.3 Å². The van der Waals surface area contributed by atoms with E-state index in [1.54, 1.807) is 0 Å². The molecule has 1 rings (SSSR count). The topological polar surface area (TPSA) is 101 Å². The van der Waals surface area contributed by atoms with Crippen LogP contribution in [0.15, 0.2) is 0 Å². The molecule has 2 amide bonds. The summed E-state index contributed by atoms with van der Waals surface area (Å²) in [7, 11) is 3.67. The molecule has 1 unspecified atom stereocenters. The standard InChI is InChI=1S/C10H17N5O2S/c1-5(2)6(15(3)4)8(17)12-10-14-13-9(18-10)7(11)16/h5-6H,1-4H3,(H2,11,16)(H,12,14,17). The Labute approximate surface area is 109 Å². The van der Waals surface area contributed by atoms with E-state index < -0.39 is 5.91 Å². The molecule has 0 spiro atoms. The third-order valence-corrected chi connectivity index (χ3v) is 3.18. The van der Waals surface area contributed by atoms with Gasteiger partial charge in [0.1, 0.15) is 0 Å². The van der Waals surface area contributed by atoms with Gasteiger partial charge in [0.05, 0.1) is 6.04 Å². The summed E-state index contributed by atoms with van der Waals surface area (Å²) in [6.07, 6.45) is 0. The van der Waals surface area contributed by atoms with Crippen LogP contribution in [-0.4, -0.2) is 47.0 Å². The molecule has 0 bridgehead atoms. The number of amides is 2. The Kier molecular flexibility index (Phi) is 4.74. The number of aromatic nitrogens is 2. The molecule has 0 aromatic carbocycles. The largest absolute Gasteiger partial charge is 0.363 e. The number of carbonyl (C=O) groups excluding carboxylic acids is 2. The van der Waals surface area contributed by atoms with E-state index in [9.17, 15) is 9.59 Å². The normalized spacial score (nSPS) is 12.8. The number of carbonyl (C=O) groups is 2. The van der Waals surface area contributed by atoms with Crippen LogP contribution in [0.5, 0.6) is 0 Å². The van der Waals surface area contributed by atoms with Crippen LogP contribution in [-0.2, 0) is 4.79 Å². The number of rotatable bonds is 5. The van der Waals surface area contributed by atoms with Gasteiger partial charge < -0.3 is 5.73 Å². The number of anilines is 1. The number of likely N-dealkylation sites (N-methyl/N-ethyl adjacent to an activating group) is 1. The average Bonchev–Trinajstić information content (AvgIpc) is 2.64. The summed E-state index contributed by atoms with van der Waals surface area (Å²) in [6, 6.07) is -0.272. The van der Waals surface area contributed by atoms with Gasteiger partial charge in [0.25, 0.3) is 5.91 Å². The number of hydrogen-bond donors (Lipinski definition) is 2. The van der Waals surface area contributed by atoms with Gasteiger partial charge in [0.15, 0.2) is 0 Å². The molecular formula is C10H17N5O2S. The summed E-state index contributed by atoms with van der Waals surface area (Å²) in [5.41, 5.74) is 5.06. The number of nitrogens with two attached hydrogens (primary N) is 1. The summed E-state index contributed by atoms with van der Waals surface area (Å²) < 4.78 is 0. The van der Waals surface area contributed by atoms with Crippen LogP contribution in [0.3, 0.4) is 0 Å². The fraction of sp³-hybridized carbons (Fsp3) is 0.600. The Hall–Kier alpha value is -1.54. The Bertz CT molecular complexity index is 435. The van der Waals surface area contributed by atoms with Crippen molar-refractivity contribution >= 4 is 28.3 Å². The molecule has 18 heavy (non-hydrogen) atoms. The van der Waals surface area contributed by atoms with Gasteiger partial charge in [0, 0.05) is 0 Å². The average molecular weight is 271 g/mol. The van der Waals surface area contributed by atoms with Crippen molar-refractivity contribution in [1.29, 1.82) is 0 Å². The highest BCUT2D eigenvalue weighted by molar-refractivity contribution is 7.17. The Morgan fingerprint density at radius 3 is 2.33 bits per heavy atom. The van der Waals surface area contributed by atoms with Crippen LogP contribution in [0.25, 0.3) is 0 Å². The smallest absolute Gasteiger partial charge is 0.279 e. The summed E-state index contributed by atoms with van der Waals surface area (Å²) in [5.74, 6) is -0.674. The third-order valence-electron chi connectivity index (χ3n) is 2.32.